The predicted octanol–water partition coefficient (Wildman–Crippen LogP) is -0.935. The molecule has 1 fully saturated rings. The van der Waals surface area contributed by atoms with Crippen molar-refractivity contribution in [1.82, 2.24) is 4.90 Å². The second-order valence-electron chi connectivity index (χ2n) is 3.74. The number of hydrogen-bond donors (Lipinski definition) is 1. The van der Waals surface area contributed by atoms with E-state index in [2.05, 4.69) is 4.74 Å². The van der Waals surface area contributed by atoms with Gasteiger partial charge in [-0.3, -0.25) is 4.79 Å². The average Bonchev–Trinajstić information content (AvgIpc) is 2.12. The lowest BCUT2D eigenvalue weighted by atomic mass is 10.1. The van der Waals surface area contributed by atoms with Crippen LogP contribution in [0.25, 0.3) is 0 Å². The molecule has 2 unspecified atom stereocenters. The molecule has 1 heterocycles. The normalized spacial score (nSPS) is 30.5. The van der Waals surface area contributed by atoms with E-state index in [1.165, 1.54) is 7.11 Å². The fourth-order valence-corrected chi connectivity index (χ4v) is 1.63. The Morgan fingerprint density at radius 3 is 2.86 bits per heavy atom. The third kappa shape index (κ3) is 3.25. The summed E-state index contributed by atoms with van der Waals surface area (Å²) in [4.78, 5) is 13.3. The first kappa shape index (κ1) is 11.4. The fraction of sp³-hybridized carbons (Fsp3) is 0.889. The maximum atomic E-state index is 11.3. The van der Waals surface area contributed by atoms with Crippen LogP contribution in [0.5, 0.6) is 0 Å². The molecular weight excluding hydrogens is 184 g/mol. The summed E-state index contributed by atoms with van der Waals surface area (Å²) in [5, 5.41) is 0. The highest BCUT2D eigenvalue weighted by atomic mass is 16.5. The number of esters is 1. The molecule has 5 nitrogen and oxygen atoms in total. The first-order valence-corrected chi connectivity index (χ1v) is 4.73. The minimum absolute atomic E-state index is 0.0265. The average molecular weight is 202 g/mol. The van der Waals surface area contributed by atoms with Gasteiger partial charge in [0.1, 0.15) is 0 Å². The van der Waals surface area contributed by atoms with Crippen molar-refractivity contribution < 1.29 is 14.3 Å². The zero-order chi connectivity index (χ0) is 10.6. The highest BCUT2D eigenvalue weighted by molar-refractivity contribution is 5.72. The lowest BCUT2D eigenvalue weighted by molar-refractivity contribution is -0.149. The Morgan fingerprint density at radius 1 is 1.50 bits per heavy atom. The van der Waals surface area contributed by atoms with Gasteiger partial charge in [0.25, 0.3) is 0 Å². The Labute approximate surface area is 84.1 Å². The van der Waals surface area contributed by atoms with Crippen LogP contribution in [0, 0.1) is 5.92 Å². The molecule has 2 N–H and O–H groups in total. The third-order valence-corrected chi connectivity index (χ3v) is 2.26. The standard InChI is InChI=1S/C9H18N2O3/c1-11-3-7(9(12)13-2)5-14-6-8(10)4-11/h7-8H,3-6,10H2,1-2H3. The third-order valence-electron chi connectivity index (χ3n) is 2.26. The van der Waals surface area contributed by atoms with E-state index in [0.717, 1.165) is 6.54 Å². The number of carbonyl (C=O) groups is 1. The molecule has 1 aliphatic heterocycles. The number of likely N-dealkylation sites (N-methyl/N-ethyl adjacent to an activating group) is 1. The highest BCUT2D eigenvalue weighted by Gasteiger charge is 2.24. The molecule has 0 aromatic heterocycles. The van der Waals surface area contributed by atoms with Crippen LogP contribution in [-0.4, -0.2) is 57.4 Å². The van der Waals surface area contributed by atoms with Gasteiger partial charge in [0.05, 0.1) is 26.2 Å². The Hall–Kier alpha value is -0.650. The molecule has 1 rings (SSSR count). The number of methoxy groups -OCH3 is 1. The minimum atomic E-state index is -0.215. The van der Waals surface area contributed by atoms with Gasteiger partial charge in [0.15, 0.2) is 0 Å². The summed E-state index contributed by atoms with van der Waals surface area (Å²) >= 11 is 0. The second-order valence-corrected chi connectivity index (χ2v) is 3.74. The molecule has 0 spiro atoms. The number of rotatable bonds is 1. The van der Waals surface area contributed by atoms with Gasteiger partial charge in [-0.25, -0.2) is 0 Å². The fourth-order valence-electron chi connectivity index (χ4n) is 1.63. The van der Waals surface area contributed by atoms with E-state index >= 15 is 0 Å². The molecular formula is C9H18N2O3. The molecule has 0 aromatic rings. The molecule has 1 aliphatic rings. The zero-order valence-corrected chi connectivity index (χ0v) is 8.73. The van der Waals surface area contributed by atoms with Crippen molar-refractivity contribution in [3.05, 3.63) is 0 Å². The number of nitrogens with two attached hydrogens (primary N) is 1. The molecule has 1 saturated heterocycles. The van der Waals surface area contributed by atoms with Crippen LogP contribution in [-0.2, 0) is 14.3 Å². The Balaban J connectivity index is 2.50. The summed E-state index contributed by atoms with van der Waals surface area (Å²) in [5.41, 5.74) is 5.77. The summed E-state index contributed by atoms with van der Waals surface area (Å²) in [6.45, 7) is 2.27. The number of ether oxygens (including phenoxy) is 2. The molecule has 2 atom stereocenters. The van der Waals surface area contributed by atoms with Gasteiger partial charge in [0.2, 0.25) is 0 Å². The van der Waals surface area contributed by atoms with Gasteiger partial charge in [-0.05, 0) is 7.05 Å². The topological polar surface area (TPSA) is 64.8 Å². The van der Waals surface area contributed by atoms with Crippen LogP contribution in [0.15, 0.2) is 0 Å². The van der Waals surface area contributed by atoms with E-state index in [9.17, 15) is 4.79 Å². The summed E-state index contributed by atoms with van der Waals surface area (Å²) in [6, 6.07) is 0.0265. The van der Waals surface area contributed by atoms with Crippen molar-refractivity contribution in [1.29, 1.82) is 0 Å². The van der Waals surface area contributed by atoms with Crippen LogP contribution in [0.4, 0.5) is 0 Å². The molecule has 0 aromatic carbocycles. The first-order valence-electron chi connectivity index (χ1n) is 4.73. The van der Waals surface area contributed by atoms with E-state index in [4.69, 9.17) is 10.5 Å². The lowest BCUT2D eigenvalue weighted by Crippen LogP contribution is -2.45. The smallest absolute Gasteiger partial charge is 0.312 e. The van der Waals surface area contributed by atoms with Gasteiger partial charge >= 0.3 is 5.97 Å². The van der Waals surface area contributed by atoms with E-state index in [-0.39, 0.29) is 17.9 Å². The molecule has 0 aliphatic carbocycles. The molecule has 14 heavy (non-hydrogen) atoms. The maximum absolute atomic E-state index is 11.3. The van der Waals surface area contributed by atoms with Crippen LogP contribution in [0.2, 0.25) is 0 Å². The zero-order valence-electron chi connectivity index (χ0n) is 8.73. The van der Waals surface area contributed by atoms with Crippen molar-refractivity contribution in [2.45, 2.75) is 6.04 Å². The monoisotopic (exact) mass is 202 g/mol. The summed E-state index contributed by atoms with van der Waals surface area (Å²) in [6.07, 6.45) is 0. The highest BCUT2D eigenvalue weighted by Crippen LogP contribution is 2.07. The maximum Gasteiger partial charge on any atom is 0.312 e. The number of hydrogen-bond acceptors (Lipinski definition) is 5. The molecule has 0 saturated carbocycles. The molecule has 5 heteroatoms. The number of nitrogens with zero attached hydrogens (tertiary/aromatic N) is 1. The van der Waals surface area contributed by atoms with Gasteiger partial charge in [-0.1, -0.05) is 0 Å². The van der Waals surface area contributed by atoms with Gasteiger partial charge in [-0.2, -0.15) is 0 Å². The van der Waals surface area contributed by atoms with E-state index in [1.807, 2.05) is 11.9 Å². The van der Waals surface area contributed by atoms with Crippen LogP contribution >= 0.6 is 0 Å². The largest absolute Gasteiger partial charge is 0.469 e. The van der Waals surface area contributed by atoms with E-state index in [0.29, 0.717) is 19.8 Å². The SMILES string of the molecule is COC(=O)C1COCC(N)CN(C)C1. The van der Waals surface area contributed by atoms with Crippen LogP contribution < -0.4 is 5.73 Å². The lowest BCUT2D eigenvalue weighted by Gasteiger charge is -2.28. The van der Waals surface area contributed by atoms with E-state index < -0.39 is 0 Å². The van der Waals surface area contributed by atoms with Crippen molar-refractivity contribution in [3.63, 3.8) is 0 Å². The molecule has 0 bridgehead atoms. The van der Waals surface area contributed by atoms with E-state index in [1.54, 1.807) is 0 Å². The Bertz CT molecular complexity index is 198. The number of carbonyl (C=O) groups excluding carboxylic acids is 1. The quantitative estimate of drug-likeness (QED) is 0.556. The van der Waals surface area contributed by atoms with Crippen molar-refractivity contribution in [2.24, 2.45) is 11.7 Å². The Kier molecular flexibility index (Phi) is 4.31. The van der Waals surface area contributed by atoms with Gasteiger partial charge in [-0.15, -0.1) is 0 Å². The summed E-state index contributed by atoms with van der Waals surface area (Å²) in [7, 11) is 3.34. The van der Waals surface area contributed by atoms with Crippen molar-refractivity contribution in [3.8, 4) is 0 Å². The predicted molar refractivity (Wildman–Crippen MR) is 51.8 cm³/mol. The summed E-state index contributed by atoms with van der Waals surface area (Å²) < 4.78 is 10.0. The van der Waals surface area contributed by atoms with Crippen LogP contribution in [0.1, 0.15) is 0 Å². The molecule has 0 radical (unpaired) electrons. The molecule has 82 valence electrons. The van der Waals surface area contributed by atoms with Gasteiger partial charge in [0, 0.05) is 19.1 Å². The molecule has 0 amide bonds. The van der Waals surface area contributed by atoms with Crippen molar-refractivity contribution in [2.75, 3.05) is 40.5 Å². The summed E-state index contributed by atoms with van der Waals surface area (Å²) in [5.74, 6) is -0.412. The second kappa shape index (κ2) is 5.29. The minimum Gasteiger partial charge on any atom is -0.469 e. The Morgan fingerprint density at radius 2 is 2.21 bits per heavy atom. The van der Waals surface area contributed by atoms with Crippen molar-refractivity contribution >= 4 is 5.97 Å². The first-order chi connectivity index (χ1) is 6.63. The van der Waals surface area contributed by atoms with Gasteiger partial charge < -0.3 is 20.1 Å². The van der Waals surface area contributed by atoms with Crippen LogP contribution in [0.3, 0.4) is 0 Å².